The van der Waals surface area contributed by atoms with Gasteiger partial charge in [0.15, 0.2) is 5.69 Å². The Bertz CT molecular complexity index is 651. The Hall–Kier alpha value is -1.94. The van der Waals surface area contributed by atoms with Crippen molar-refractivity contribution in [3.05, 3.63) is 34.0 Å². The summed E-state index contributed by atoms with van der Waals surface area (Å²) in [5, 5.41) is 10.5. The number of nitrogens with zero attached hydrogens (tertiary/aromatic N) is 3. The van der Waals surface area contributed by atoms with Crippen molar-refractivity contribution in [2.24, 2.45) is 7.05 Å². The molecule has 1 atom stereocenters. The van der Waals surface area contributed by atoms with E-state index in [4.69, 9.17) is 0 Å². The third kappa shape index (κ3) is 3.83. The fourth-order valence-corrected chi connectivity index (χ4v) is 2.57. The van der Waals surface area contributed by atoms with Crippen LogP contribution < -0.4 is 10.6 Å². The molecule has 1 unspecified atom stereocenters. The minimum atomic E-state index is -4.47. The molecule has 0 aromatic carbocycles. The Morgan fingerprint density at radius 1 is 1.50 bits per heavy atom. The van der Waals surface area contributed by atoms with Gasteiger partial charge in [-0.3, -0.25) is 9.48 Å². The molecule has 2 aromatic rings. The fourth-order valence-electron chi connectivity index (χ4n) is 1.83. The number of rotatable bonds is 5. The maximum atomic E-state index is 12.4. The predicted octanol–water partition coefficient (Wildman–Crippen LogP) is 1.47. The second-order valence-electron chi connectivity index (χ2n) is 4.51. The summed E-state index contributed by atoms with van der Waals surface area (Å²) in [4.78, 5) is 15.6. The Morgan fingerprint density at radius 3 is 2.73 bits per heavy atom. The van der Waals surface area contributed by atoms with Crippen molar-refractivity contribution < 1.29 is 18.0 Å². The molecule has 120 valence electrons. The summed E-state index contributed by atoms with van der Waals surface area (Å²) in [6.45, 7) is -0.0575. The number of halogens is 3. The number of nitrogens with one attached hydrogen (secondary N) is 2. The first-order chi connectivity index (χ1) is 10.3. The van der Waals surface area contributed by atoms with E-state index in [2.05, 4.69) is 20.7 Å². The normalized spacial score (nSPS) is 13.1. The van der Waals surface area contributed by atoms with Crippen molar-refractivity contribution in [3.63, 3.8) is 0 Å². The molecule has 0 saturated carbocycles. The van der Waals surface area contributed by atoms with Gasteiger partial charge >= 0.3 is 6.18 Å². The van der Waals surface area contributed by atoms with E-state index < -0.39 is 17.9 Å². The molecule has 0 saturated heterocycles. The van der Waals surface area contributed by atoms with Crippen LogP contribution in [0.4, 0.5) is 13.2 Å². The highest BCUT2D eigenvalue weighted by Gasteiger charge is 2.33. The second-order valence-corrected chi connectivity index (χ2v) is 5.45. The summed E-state index contributed by atoms with van der Waals surface area (Å²) in [7, 11) is 3.34. The third-order valence-electron chi connectivity index (χ3n) is 2.87. The van der Waals surface area contributed by atoms with Crippen LogP contribution in [0.25, 0.3) is 0 Å². The standard InChI is InChI=1S/C12H14F3N5OS/c1-16-10(7-3-18-20(2)5-7)11(21)17-4-9-19-8(6-22-9)12(13,14)15/h3,5-6,10,16H,4H2,1-2H3,(H,17,21). The fraction of sp³-hybridized carbons (Fsp3) is 0.417. The second kappa shape index (κ2) is 6.44. The topological polar surface area (TPSA) is 71.8 Å². The van der Waals surface area contributed by atoms with Crippen molar-refractivity contribution in [2.75, 3.05) is 7.05 Å². The highest BCUT2D eigenvalue weighted by atomic mass is 32.1. The van der Waals surface area contributed by atoms with Crippen LogP contribution in [0.15, 0.2) is 17.8 Å². The summed E-state index contributed by atoms with van der Waals surface area (Å²) in [6, 6.07) is -0.629. The molecule has 0 aliphatic rings. The number of amides is 1. The van der Waals surface area contributed by atoms with Crippen molar-refractivity contribution >= 4 is 17.2 Å². The van der Waals surface area contributed by atoms with E-state index in [0.29, 0.717) is 5.56 Å². The molecule has 0 aliphatic carbocycles. The molecule has 0 aliphatic heterocycles. The Morgan fingerprint density at radius 2 is 2.23 bits per heavy atom. The molecule has 2 N–H and O–H groups in total. The number of hydrogen-bond donors (Lipinski definition) is 2. The first-order valence-corrected chi connectivity index (χ1v) is 7.14. The van der Waals surface area contributed by atoms with Gasteiger partial charge in [0.1, 0.15) is 11.0 Å². The lowest BCUT2D eigenvalue weighted by Crippen LogP contribution is -2.35. The van der Waals surface area contributed by atoms with Crippen LogP contribution in [-0.4, -0.2) is 27.7 Å². The lowest BCUT2D eigenvalue weighted by atomic mass is 10.1. The van der Waals surface area contributed by atoms with Crippen LogP contribution in [0.1, 0.15) is 22.3 Å². The summed E-state index contributed by atoms with van der Waals surface area (Å²) >= 11 is 0.855. The summed E-state index contributed by atoms with van der Waals surface area (Å²) in [5.74, 6) is -0.362. The molecular weight excluding hydrogens is 319 g/mol. The zero-order valence-electron chi connectivity index (χ0n) is 11.8. The van der Waals surface area contributed by atoms with E-state index in [1.54, 1.807) is 31.2 Å². The molecule has 0 fully saturated rings. The first kappa shape index (κ1) is 16.4. The molecule has 0 spiro atoms. The number of aromatic nitrogens is 3. The highest BCUT2D eigenvalue weighted by molar-refractivity contribution is 7.09. The van der Waals surface area contributed by atoms with E-state index in [9.17, 15) is 18.0 Å². The zero-order chi connectivity index (χ0) is 16.3. The molecular formula is C12H14F3N5OS. The van der Waals surface area contributed by atoms with Gasteiger partial charge in [-0.05, 0) is 7.05 Å². The summed E-state index contributed by atoms with van der Waals surface area (Å²) in [5.41, 5.74) is -0.281. The predicted molar refractivity (Wildman–Crippen MR) is 74.0 cm³/mol. The molecule has 2 aromatic heterocycles. The zero-order valence-corrected chi connectivity index (χ0v) is 12.6. The van der Waals surface area contributed by atoms with E-state index in [1.807, 2.05) is 0 Å². The van der Waals surface area contributed by atoms with Gasteiger partial charge in [0.05, 0.1) is 12.7 Å². The van der Waals surface area contributed by atoms with Crippen LogP contribution in [0, 0.1) is 0 Å². The minimum Gasteiger partial charge on any atom is -0.348 e. The van der Waals surface area contributed by atoms with E-state index >= 15 is 0 Å². The monoisotopic (exact) mass is 333 g/mol. The number of alkyl halides is 3. The molecule has 0 bridgehead atoms. The van der Waals surface area contributed by atoms with Crippen molar-refractivity contribution in [1.29, 1.82) is 0 Å². The van der Waals surface area contributed by atoms with Crippen LogP contribution in [0.5, 0.6) is 0 Å². The molecule has 0 radical (unpaired) electrons. The first-order valence-electron chi connectivity index (χ1n) is 6.26. The van der Waals surface area contributed by atoms with Gasteiger partial charge in [0.25, 0.3) is 0 Å². The smallest absolute Gasteiger partial charge is 0.348 e. The number of hydrogen-bond acceptors (Lipinski definition) is 5. The Labute approximate surface area is 128 Å². The van der Waals surface area contributed by atoms with Gasteiger partial charge in [-0.15, -0.1) is 11.3 Å². The van der Waals surface area contributed by atoms with E-state index in [1.165, 1.54) is 0 Å². The van der Waals surface area contributed by atoms with Crippen LogP contribution in [-0.2, 0) is 24.6 Å². The van der Waals surface area contributed by atoms with Crippen LogP contribution in [0.2, 0.25) is 0 Å². The van der Waals surface area contributed by atoms with Gasteiger partial charge in [0.2, 0.25) is 5.91 Å². The largest absolute Gasteiger partial charge is 0.434 e. The minimum absolute atomic E-state index is 0.0575. The lowest BCUT2D eigenvalue weighted by Gasteiger charge is -2.13. The summed E-state index contributed by atoms with van der Waals surface area (Å²) < 4.78 is 38.9. The number of carbonyl (C=O) groups excluding carboxylic acids is 1. The van der Waals surface area contributed by atoms with Gasteiger partial charge in [-0.25, -0.2) is 4.98 Å². The molecule has 6 nitrogen and oxygen atoms in total. The van der Waals surface area contributed by atoms with Gasteiger partial charge in [-0.1, -0.05) is 0 Å². The maximum Gasteiger partial charge on any atom is 0.434 e. The van der Waals surface area contributed by atoms with Crippen LogP contribution in [0.3, 0.4) is 0 Å². The van der Waals surface area contributed by atoms with Crippen LogP contribution >= 0.6 is 11.3 Å². The third-order valence-corrected chi connectivity index (χ3v) is 3.71. The number of aryl methyl sites for hydroxylation is 1. The Kier molecular flexibility index (Phi) is 4.81. The number of thiazole rings is 1. The quantitative estimate of drug-likeness (QED) is 0.869. The SMILES string of the molecule is CNC(C(=O)NCc1nc(C(F)(F)F)cs1)c1cnn(C)c1. The average Bonchev–Trinajstić information content (AvgIpc) is 3.06. The van der Waals surface area contributed by atoms with Crippen molar-refractivity contribution in [1.82, 2.24) is 25.4 Å². The van der Waals surface area contributed by atoms with Gasteiger partial charge < -0.3 is 10.6 Å². The van der Waals surface area contributed by atoms with E-state index in [0.717, 1.165) is 16.7 Å². The summed E-state index contributed by atoms with van der Waals surface area (Å²) in [6.07, 6.45) is -1.24. The molecule has 2 rings (SSSR count). The van der Waals surface area contributed by atoms with Gasteiger partial charge in [0, 0.05) is 24.2 Å². The molecule has 22 heavy (non-hydrogen) atoms. The highest BCUT2D eigenvalue weighted by Crippen LogP contribution is 2.29. The Balaban J connectivity index is 1.98. The molecule has 10 heteroatoms. The molecule has 2 heterocycles. The number of carbonyl (C=O) groups is 1. The lowest BCUT2D eigenvalue weighted by molar-refractivity contribution is -0.140. The molecule has 1 amide bonds. The average molecular weight is 333 g/mol. The number of likely N-dealkylation sites (N-methyl/N-ethyl adjacent to an activating group) is 1. The van der Waals surface area contributed by atoms with Crippen molar-refractivity contribution in [2.45, 2.75) is 18.8 Å². The van der Waals surface area contributed by atoms with Crippen molar-refractivity contribution in [3.8, 4) is 0 Å². The van der Waals surface area contributed by atoms with E-state index in [-0.39, 0.29) is 17.5 Å². The van der Waals surface area contributed by atoms with Gasteiger partial charge in [-0.2, -0.15) is 18.3 Å². The maximum absolute atomic E-state index is 12.4.